The topological polar surface area (TPSA) is 59.9 Å². The molecule has 33 heavy (non-hydrogen) atoms. The number of rotatable bonds is 5. The average molecular weight is 493 g/mol. The molecular weight excluding hydrogens is 479 g/mol. The minimum absolute atomic E-state index is 0.219. The van der Waals surface area contributed by atoms with Crippen molar-refractivity contribution < 1.29 is 9.13 Å². The van der Waals surface area contributed by atoms with Gasteiger partial charge >= 0.3 is 0 Å². The lowest BCUT2D eigenvalue weighted by Gasteiger charge is -2.11. The predicted molar refractivity (Wildman–Crippen MR) is 131 cm³/mol. The highest BCUT2D eigenvalue weighted by molar-refractivity contribution is 7.19. The summed E-state index contributed by atoms with van der Waals surface area (Å²) < 4.78 is 19.1. The van der Waals surface area contributed by atoms with E-state index in [-0.39, 0.29) is 12.4 Å². The first kappa shape index (κ1) is 21.3. The predicted octanol–water partition coefficient (Wildman–Crippen LogP) is 6.66. The van der Waals surface area contributed by atoms with E-state index in [1.807, 2.05) is 17.5 Å². The van der Waals surface area contributed by atoms with E-state index in [9.17, 15) is 4.39 Å². The Morgan fingerprint density at radius 1 is 1.06 bits per heavy atom. The summed E-state index contributed by atoms with van der Waals surface area (Å²) in [4.78, 5) is 14.6. The smallest absolute Gasteiger partial charge is 0.167 e. The van der Waals surface area contributed by atoms with Crippen molar-refractivity contribution in [3.63, 3.8) is 0 Å². The molecule has 2 aromatic carbocycles. The van der Waals surface area contributed by atoms with Gasteiger partial charge in [-0.25, -0.2) is 19.3 Å². The number of hydrogen-bond donors (Lipinski definition) is 1. The maximum absolute atomic E-state index is 13.3. The fraction of sp³-hybridized carbons (Fsp3) is 0.0417. The number of benzene rings is 2. The van der Waals surface area contributed by atoms with E-state index < -0.39 is 0 Å². The fourth-order valence-corrected chi connectivity index (χ4v) is 4.61. The van der Waals surface area contributed by atoms with Gasteiger partial charge in [-0.3, -0.25) is 0 Å². The Kier molecular flexibility index (Phi) is 6.17. The number of anilines is 2. The van der Waals surface area contributed by atoms with Crippen LogP contribution < -0.4 is 10.1 Å². The third-order valence-electron chi connectivity index (χ3n) is 4.53. The fourth-order valence-electron chi connectivity index (χ4n) is 3.04. The van der Waals surface area contributed by atoms with Gasteiger partial charge in [0.15, 0.2) is 5.01 Å². The Morgan fingerprint density at radius 2 is 2.00 bits per heavy atom. The molecule has 5 aromatic rings. The van der Waals surface area contributed by atoms with Crippen molar-refractivity contribution in [2.45, 2.75) is 6.61 Å². The SMILES string of the molecule is Fc1cccc(COc2ccc(Nc3ncnc4sc(C#Cc5nccs5)cc34)cc2Cl)c1. The molecule has 0 radical (unpaired) electrons. The summed E-state index contributed by atoms with van der Waals surface area (Å²) in [5.41, 5.74) is 1.47. The van der Waals surface area contributed by atoms with E-state index in [1.165, 1.54) is 41.1 Å². The van der Waals surface area contributed by atoms with Crippen molar-refractivity contribution in [2.24, 2.45) is 0 Å². The average Bonchev–Trinajstić information content (AvgIpc) is 3.47. The number of aromatic nitrogens is 3. The number of nitrogens with one attached hydrogen (secondary N) is 1. The van der Waals surface area contributed by atoms with Crippen LogP contribution in [0, 0.1) is 17.7 Å². The molecular formula is C24H14ClFN4OS2. The Balaban J connectivity index is 1.33. The van der Waals surface area contributed by atoms with Crippen LogP contribution in [-0.2, 0) is 6.61 Å². The summed E-state index contributed by atoms with van der Waals surface area (Å²) >= 11 is 9.41. The summed E-state index contributed by atoms with van der Waals surface area (Å²) in [5, 5.41) is 7.25. The second-order valence-electron chi connectivity index (χ2n) is 6.83. The monoisotopic (exact) mass is 492 g/mol. The molecule has 0 amide bonds. The minimum atomic E-state index is -0.302. The molecule has 9 heteroatoms. The normalized spacial score (nSPS) is 10.6. The van der Waals surface area contributed by atoms with E-state index >= 15 is 0 Å². The van der Waals surface area contributed by atoms with Crippen LogP contribution in [-0.4, -0.2) is 15.0 Å². The van der Waals surface area contributed by atoms with Gasteiger partial charge in [0.2, 0.25) is 0 Å². The molecule has 0 unspecified atom stereocenters. The third kappa shape index (κ3) is 5.12. The molecule has 0 aliphatic carbocycles. The second kappa shape index (κ2) is 9.55. The molecule has 3 aromatic heterocycles. The Bertz CT molecular complexity index is 1490. The lowest BCUT2D eigenvalue weighted by molar-refractivity contribution is 0.306. The van der Waals surface area contributed by atoms with Crippen molar-refractivity contribution in [3.05, 3.63) is 92.7 Å². The highest BCUT2D eigenvalue weighted by Gasteiger charge is 2.10. The molecule has 0 fully saturated rings. The van der Waals surface area contributed by atoms with Crippen LogP contribution in [0.4, 0.5) is 15.9 Å². The van der Waals surface area contributed by atoms with Crippen molar-refractivity contribution in [3.8, 4) is 17.6 Å². The van der Waals surface area contributed by atoms with Gasteiger partial charge in [0.1, 0.15) is 35.1 Å². The van der Waals surface area contributed by atoms with E-state index in [1.54, 1.807) is 30.5 Å². The van der Waals surface area contributed by atoms with Gasteiger partial charge in [0.25, 0.3) is 0 Å². The molecule has 3 heterocycles. The zero-order valence-electron chi connectivity index (χ0n) is 16.9. The summed E-state index contributed by atoms with van der Waals surface area (Å²) in [5.74, 6) is 7.06. The molecule has 1 N–H and O–H groups in total. The van der Waals surface area contributed by atoms with E-state index in [0.29, 0.717) is 16.6 Å². The van der Waals surface area contributed by atoms with E-state index in [4.69, 9.17) is 16.3 Å². The van der Waals surface area contributed by atoms with E-state index in [0.717, 1.165) is 31.4 Å². The quantitative estimate of drug-likeness (QED) is 0.278. The third-order valence-corrected chi connectivity index (χ3v) is 6.47. The zero-order chi connectivity index (χ0) is 22.6. The first-order valence-corrected chi connectivity index (χ1v) is 11.8. The van der Waals surface area contributed by atoms with Crippen LogP contribution in [0.15, 0.2) is 66.4 Å². The molecule has 0 aliphatic heterocycles. The maximum Gasteiger partial charge on any atom is 0.167 e. The van der Waals surface area contributed by atoms with Crippen LogP contribution in [0.25, 0.3) is 10.2 Å². The largest absolute Gasteiger partial charge is 0.487 e. The van der Waals surface area contributed by atoms with Gasteiger partial charge < -0.3 is 10.1 Å². The van der Waals surface area contributed by atoms with Gasteiger partial charge in [-0.1, -0.05) is 23.7 Å². The van der Waals surface area contributed by atoms with Gasteiger partial charge in [-0.2, -0.15) is 0 Å². The van der Waals surface area contributed by atoms with Crippen molar-refractivity contribution in [1.29, 1.82) is 0 Å². The highest BCUT2D eigenvalue weighted by Crippen LogP contribution is 2.33. The Hall–Kier alpha value is -3.51. The van der Waals surface area contributed by atoms with Gasteiger partial charge in [0, 0.05) is 17.3 Å². The van der Waals surface area contributed by atoms with Crippen molar-refractivity contribution in [1.82, 2.24) is 15.0 Å². The Labute approximate surface area is 201 Å². The summed E-state index contributed by atoms with van der Waals surface area (Å²) in [6, 6.07) is 13.6. The number of ether oxygens (including phenoxy) is 1. The van der Waals surface area contributed by atoms with Crippen LogP contribution in [0.2, 0.25) is 5.02 Å². The molecule has 0 saturated heterocycles. The second-order valence-corrected chi connectivity index (χ2v) is 9.16. The van der Waals surface area contributed by atoms with Crippen LogP contribution in [0.5, 0.6) is 5.75 Å². The number of fused-ring (bicyclic) bond motifs is 1. The number of thiazole rings is 1. The van der Waals surface area contributed by atoms with Crippen LogP contribution in [0.1, 0.15) is 15.4 Å². The molecule has 0 bridgehead atoms. The standard InChI is InChI=1S/C24H14ClFN4OS2/c25-20-11-17(4-6-21(20)31-13-15-2-1-3-16(26)10-15)30-23-19-12-18(33-24(19)29-14-28-23)5-7-22-27-8-9-32-22/h1-4,6,8-12,14H,13H2,(H,28,29,30). The van der Waals surface area contributed by atoms with Gasteiger partial charge in [-0.05, 0) is 53.8 Å². The lowest BCUT2D eigenvalue weighted by atomic mass is 10.2. The Morgan fingerprint density at radius 3 is 2.82 bits per heavy atom. The molecule has 0 aliphatic rings. The summed E-state index contributed by atoms with van der Waals surface area (Å²) in [6.45, 7) is 0.219. The molecule has 162 valence electrons. The summed E-state index contributed by atoms with van der Waals surface area (Å²) in [6.07, 6.45) is 3.24. The van der Waals surface area contributed by atoms with Crippen LogP contribution >= 0.6 is 34.3 Å². The maximum atomic E-state index is 13.3. The first-order chi connectivity index (χ1) is 16.1. The molecule has 0 saturated carbocycles. The lowest BCUT2D eigenvalue weighted by Crippen LogP contribution is -1.98. The number of nitrogens with zero attached hydrogens (tertiary/aromatic N) is 3. The molecule has 0 spiro atoms. The van der Waals surface area contributed by atoms with Gasteiger partial charge in [0.05, 0.1) is 15.3 Å². The zero-order valence-corrected chi connectivity index (χ0v) is 19.3. The van der Waals surface area contributed by atoms with Crippen LogP contribution in [0.3, 0.4) is 0 Å². The van der Waals surface area contributed by atoms with Crippen molar-refractivity contribution in [2.75, 3.05) is 5.32 Å². The van der Waals surface area contributed by atoms with Gasteiger partial charge in [-0.15, -0.1) is 22.7 Å². The number of hydrogen-bond acceptors (Lipinski definition) is 7. The first-order valence-electron chi connectivity index (χ1n) is 9.74. The molecule has 5 nitrogen and oxygen atoms in total. The molecule has 5 rings (SSSR count). The number of thiophene rings is 1. The summed E-state index contributed by atoms with van der Waals surface area (Å²) in [7, 11) is 0. The van der Waals surface area contributed by atoms with E-state index in [2.05, 4.69) is 32.1 Å². The minimum Gasteiger partial charge on any atom is -0.487 e. The molecule has 0 atom stereocenters. The number of halogens is 2. The van der Waals surface area contributed by atoms with Crippen molar-refractivity contribution >= 4 is 56.0 Å². The highest BCUT2D eigenvalue weighted by atomic mass is 35.5.